The summed E-state index contributed by atoms with van der Waals surface area (Å²) >= 11 is 9.17. The number of fused-ring (bicyclic) bond motifs is 1. The van der Waals surface area contributed by atoms with Gasteiger partial charge in [-0.2, -0.15) is 0 Å². The Hall–Kier alpha value is -4.08. The van der Waals surface area contributed by atoms with Crippen LogP contribution in [0.4, 0.5) is 10.1 Å². The fourth-order valence-electron chi connectivity index (χ4n) is 5.07. The molecule has 6 nitrogen and oxygen atoms in total. The number of hydrogen-bond donors (Lipinski definition) is 2. The second-order valence-electron chi connectivity index (χ2n) is 9.47. The fourth-order valence-corrected chi connectivity index (χ4v) is 5.95. The number of thiocarbonyl (C=S) groups is 1. The van der Waals surface area contributed by atoms with Crippen molar-refractivity contribution in [2.45, 2.75) is 18.5 Å². The quantitative estimate of drug-likeness (QED) is 0.186. The molecular formula is C31H24BrFN4O2S. The van der Waals surface area contributed by atoms with Crippen molar-refractivity contribution < 1.29 is 13.6 Å². The Labute approximate surface area is 244 Å². The third kappa shape index (κ3) is 5.22. The number of amides is 1. The van der Waals surface area contributed by atoms with Crippen LogP contribution in [0, 0.1) is 5.82 Å². The van der Waals surface area contributed by atoms with Crippen LogP contribution in [-0.2, 0) is 4.79 Å². The number of anilines is 1. The zero-order valence-electron chi connectivity index (χ0n) is 21.2. The second kappa shape index (κ2) is 11.2. The van der Waals surface area contributed by atoms with Gasteiger partial charge in [0.1, 0.15) is 23.4 Å². The Morgan fingerprint density at radius 2 is 1.88 bits per heavy atom. The standard InChI is InChI=1S/C31H24BrFN4O2S/c32-23-18-20(33)11-12-22(23)26-13-14-27(39-26)30-29(25-9-3-4-16-34-25)36-31(40)37(30)17-15-28(38)35-24-10-5-7-19-6-1-2-8-21(19)24/h1-14,16,18,29-30H,15,17H2,(H,35,38)(H,36,40)/t29-,30-/m0/s1. The Morgan fingerprint density at radius 1 is 1.05 bits per heavy atom. The number of halogens is 2. The predicted octanol–water partition coefficient (Wildman–Crippen LogP) is 7.40. The molecular weight excluding hydrogens is 591 g/mol. The Kier molecular flexibility index (Phi) is 7.32. The summed E-state index contributed by atoms with van der Waals surface area (Å²) in [6, 6.07) is 27.1. The molecule has 1 aliphatic rings. The molecule has 0 saturated carbocycles. The Bertz CT molecular complexity index is 1710. The van der Waals surface area contributed by atoms with Gasteiger partial charge in [0.25, 0.3) is 0 Å². The lowest BCUT2D eigenvalue weighted by Gasteiger charge is -2.26. The summed E-state index contributed by atoms with van der Waals surface area (Å²) in [4.78, 5) is 19.6. The number of nitrogens with one attached hydrogen (secondary N) is 2. The SMILES string of the molecule is O=C(CCN1C(=S)N[C@@H](c2ccccn2)[C@@H]1c1ccc(-c2ccc(F)cc2Br)o1)Nc1cccc2ccccc12. The maximum atomic E-state index is 13.7. The third-order valence-corrected chi connectivity index (χ3v) is 7.96. The number of rotatable bonds is 7. The van der Waals surface area contributed by atoms with Gasteiger partial charge in [0.05, 0.1) is 11.7 Å². The molecule has 40 heavy (non-hydrogen) atoms. The van der Waals surface area contributed by atoms with Gasteiger partial charge in [-0.15, -0.1) is 0 Å². The van der Waals surface area contributed by atoms with Gasteiger partial charge in [0.2, 0.25) is 5.91 Å². The average molecular weight is 616 g/mol. The van der Waals surface area contributed by atoms with E-state index in [9.17, 15) is 9.18 Å². The van der Waals surface area contributed by atoms with E-state index < -0.39 is 0 Å². The highest BCUT2D eigenvalue weighted by atomic mass is 79.9. The van der Waals surface area contributed by atoms with Gasteiger partial charge in [-0.05, 0) is 82.1 Å². The summed E-state index contributed by atoms with van der Waals surface area (Å²) < 4.78 is 20.6. The topological polar surface area (TPSA) is 70.4 Å². The molecule has 1 amide bonds. The van der Waals surface area contributed by atoms with Crippen LogP contribution >= 0.6 is 28.1 Å². The average Bonchev–Trinajstić information content (AvgIpc) is 3.57. The first-order valence-electron chi connectivity index (χ1n) is 12.8. The molecule has 2 aromatic heterocycles. The number of pyridine rings is 1. The molecule has 6 rings (SSSR count). The van der Waals surface area contributed by atoms with E-state index in [0.29, 0.717) is 27.7 Å². The highest BCUT2D eigenvalue weighted by molar-refractivity contribution is 9.10. The molecule has 2 atom stereocenters. The predicted molar refractivity (Wildman–Crippen MR) is 161 cm³/mol. The van der Waals surface area contributed by atoms with Crippen molar-refractivity contribution in [1.82, 2.24) is 15.2 Å². The van der Waals surface area contributed by atoms with Crippen LogP contribution in [-0.4, -0.2) is 27.4 Å². The van der Waals surface area contributed by atoms with Crippen LogP contribution in [0.2, 0.25) is 0 Å². The molecule has 0 aliphatic carbocycles. The summed E-state index contributed by atoms with van der Waals surface area (Å²) in [6.07, 6.45) is 1.95. The number of hydrogen-bond acceptors (Lipinski definition) is 4. The molecule has 1 aliphatic heterocycles. The van der Waals surface area contributed by atoms with Gasteiger partial charge < -0.3 is 20.0 Å². The van der Waals surface area contributed by atoms with E-state index in [4.69, 9.17) is 16.6 Å². The van der Waals surface area contributed by atoms with Crippen molar-refractivity contribution in [1.29, 1.82) is 0 Å². The molecule has 0 bridgehead atoms. The van der Waals surface area contributed by atoms with E-state index in [2.05, 4.69) is 31.5 Å². The monoisotopic (exact) mass is 614 g/mol. The molecule has 5 aromatic rings. The molecule has 1 saturated heterocycles. The van der Waals surface area contributed by atoms with Gasteiger partial charge >= 0.3 is 0 Å². The highest BCUT2D eigenvalue weighted by Crippen LogP contribution is 2.41. The van der Waals surface area contributed by atoms with Crippen molar-refractivity contribution in [3.8, 4) is 11.3 Å². The minimum absolute atomic E-state index is 0.116. The zero-order valence-corrected chi connectivity index (χ0v) is 23.6. The zero-order chi connectivity index (χ0) is 27.6. The number of carbonyl (C=O) groups excluding carboxylic acids is 1. The third-order valence-electron chi connectivity index (χ3n) is 6.96. The smallest absolute Gasteiger partial charge is 0.226 e. The Balaban J connectivity index is 1.26. The van der Waals surface area contributed by atoms with Crippen molar-refractivity contribution in [2.75, 3.05) is 11.9 Å². The van der Waals surface area contributed by atoms with Crippen LogP contribution in [0.5, 0.6) is 0 Å². The maximum absolute atomic E-state index is 13.7. The second-order valence-corrected chi connectivity index (χ2v) is 10.7. The van der Waals surface area contributed by atoms with Crippen LogP contribution < -0.4 is 10.6 Å². The number of aromatic nitrogens is 1. The molecule has 0 spiro atoms. The first-order chi connectivity index (χ1) is 19.5. The van der Waals surface area contributed by atoms with Crippen LogP contribution in [0.25, 0.3) is 22.1 Å². The maximum Gasteiger partial charge on any atom is 0.226 e. The first kappa shape index (κ1) is 26.2. The molecule has 3 heterocycles. The molecule has 9 heteroatoms. The number of carbonyl (C=O) groups is 1. The minimum atomic E-state index is -0.347. The number of nitrogens with zero attached hydrogens (tertiary/aromatic N) is 2. The molecule has 3 aromatic carbocycles. The normalized spacial score (nSPS) is 16.8. The summed E-state index contributed by atoms with van der Waals surface area (Å²) in [5.74, 6) is 0.794. The van der Waals surface area contributed by atoms with Crippen molar-refractivity contribution >= 4 is 55.6 Å². The largest absolute Gasteiger partial charge is 0.459 e. The number of furan rings is 1. The molecule has 200 valence electrons. The van der Waals surface area contributed by atoms with Gasteiger partial charge in [-0.1, -0.05) is 42.5 Å². The van der Waals surface area contributed by atoms with Gasteiger partial charge in [-0.3, -0.25) is 9.78 Å². The fraction of sp³-hybridized carbons (Fsp3) is 0.129. The lowest BCUT2D eigenvalue weighted by atomic mass is 10.0. The van der Waals surface area contributed by atoms with Crippen molar-refractivity contribution in [2.24, 2.45) is 0 Å². The van der Waals surface area contributed by atoms with Gasteiger partial charge in [0.15, 0.2) is 5.11 Å². The van der Waals surface area contributed by atoms with Gasteiger partial charge in [-0.25, -0.2) is 4.39 Å². The molecule has 0 unspecified atom stereocenters. The number of benzene rings is 3. The lowest BCUT2D eigenvalue weighted by molar-refractivity contribution is -0.116. The molecule has 1 fully saturated rings. The lowest BCUT2D eigenvalue weighted by Crippen LogP contribution is -2.32. The first-order valence-corrected chi connectivity index (χ1v) is 14.0. The van der Waals surface area contributed by atoms with Crippen LogP contribution in [0.3, 0.4) is 0 Å². The summed E-state index contributed by atoms with van der Waals surface area (Å²) in [5, 5.41) is 8.99. The summed E-state index contributed by atoms with van der Waals surface area (Å²) in [7, 11) is 0. The van der Waals surface area contributed by atoms with E-state index in [-0.39, 0.29) is 30.2 Å². The van der Waals surface area contributed by atoms with Crippen LogP contribution in [0.1, 0.15) is 30.0 Å². The Morgan fingerprint density at radius 3 is 2.70 bits per heavy atom. The van der Waals surface area contributed by atoms with Crippen LogP contribution in [0.15, 0.2) is 106 Å². The molecule has 2 N–H and O–H groups in total. The van der Waals surface area contributed by atoms with Crippen molar-refractivity contribution in [3.63, 3.8) is 0 Å². The van der Waals surface area contributed by atoms with Gasteiger partial charge in [0, 0.05) is 40.3 Å². The van der Waals surface area contributed by atoms with E-state index in [0.717, 1.165) is 27.7 Å². The van der Waals surface area contributed by atoms with E-state index in [1.165, 1.54) is 12.1 Å². The summed E-state index contributed by atoms with van der Waals surface area (Å²) in [5.41, 5.74) is 2.31. The van der Waals surface area contributed by atoms with Crippen molar-refractivity contribution in [3.05, 3.63) is 119 Å². The minimum Gasteiger partial charge on any atom is -0.459 e. The highest BCUT2D eigenvalue weighted by Gasteiger charge is 2.41. The summed E-state index contributed by atoms with van der Waals surface area (Å²) in [6.45, 7) is 0.368. The van der Waals surface area contributed by atoms with E-state index >= 15 is 0 Å². The van der Waals surface area contributed by atoms with E-state index in [1.807, 2.05) is 77.7 Å². The molecule has 0 radical (unpaired) electrons. The van der Waals surface area contributed by atoms with E-state index in [1.54, 1.807) is 12.3 Å².